The van der Waals surface area contributed by atoms with Crippen LogP contribution >= 0.6 is 0 Å². The molecule has 6 rings (SSSR count). The number of fused-ring (bicyclic) bond motifs is 6. The fraction of sp³-hybridized carbons (Fsp3) is 0.286. The topological polar surface area (TPSA) is 15.0 Å². The highest BCUT2D eigenvalue weighted by molar-refractivity contribution is 6.07. The van der Waals surface area contributed by atoms with Gasteiger partial charge in [0.25, 0.3) is 0 Å². The highest BCUT2D eigenvalue weighted by Gasteiger charge is 2.45. The second-order valence-corrected chi connectivity index (χ2v) is 11.6. The van der Waals surface area contributed by atoms with Gasteiger partial charge in [-0.1, -0.05) is 93.9 Å². The van der Waals surface area contributed by atoms with Crippen molar-refractivity contribution >= 4 is 38.6 Å². The Morgan fingerprint density at radius 1 is 0.784 bits per heavy atom. The van der Waals surface area contributed by atoms with Crippen LogP contribution in [-0.2, 0) is 10.8 Å². The summed E-state index contributed by atoms with van der Waals surface area (Å²) in [4.78, 5) is 0. The van der Waals surface area contributed by atoms with Crippen LogP contribution in [0.1, 0.15) is 58.6 Å². The zero-order chi connectivity index (χ0) is 25.8. The summed E-state index contributed by atoms with van der Waals surface area (Å²) in [5.41, 5.74) is 7.91. The van der Waals surface area contributed by atoms with Gasteiger partial charge in [0.05, 0.1) is 11.1 Å². The molecule has 4 aromatic rings. The maximum Gasteiger partial charge on any atom is 0.210 e. The molecule has 2 heteroatoms. The van der Waals surface area contributed by atoms with Gasteiger partial charge in [-0.25, -0.2) is 0 Å². The molecule has 0 fully saturated rings. The van der Waals surface area contributed by atoms with Crippen molar-refractivity contribution in [1.82, 2.24) is 0 Å². The molecule has 0 bridgehead atoms. The Hall–Kier alpha value is -3.65. The van der Waals surface area contributed by atoms with Gasteiger partial charge >= 0.3 is 0 Å². The quantitative estimate of drug-likeness (QED) is 0.279. The predicted molar refractivity (Wildman–Crippen MR) is 159 cm³/mol. The average Bonchev–Trinajstić information content (AvgIpc) is 3.29. The lowest BCUT2D eigenvalue weighted by molar-refractivity contribution is -0.438. The number of nitrogens with zero attached hydrogens (tertiary/aromatic N) is 1. The third-order valence-corrected chi connectivity index (χ3v) is 8.54. The Morgan fingerprint density at radius 3 is 2.22 bits per heavy atom. The van der Waals surface area contributed by atoms with E-state index < -0.39 is 0 Å². The summed E-state index contributed by atoms with van der Waals surface area (Å²) in [6.45, 7) is 12.7. The number of benzene rings is 4. The van der Waals surface area contributed by atoms with Gasteiger partial charge in [-0.2, -0.15) is 4.58 Å². The molecule has 0 spiro atoms. The second-order valence-electron chi connectivity index (χ2n) is 11.6. The number of unbranched alkanes of at least 4 members (excludes halogenated alkanes) is 1. The molecule has 1 N–H and O–H groups in total. The second kappa shape index (κ2) is 8.73. The summed E-state index contributed by atoms with van der Waals surface area (Å²) in [5.74, 6) is 0. The van der Waals surface area contributed by atoms with E-state index in [0.29, 0.717) is 0 Å². The van der Waals surface area contributed by atoms with Gasteiger partial charge in [0, 0.05) is 40.6 Å². The number of allylic oxidation sites excluding steroid dienone is 4. The van der Waals surface area contributed by atoms with Crippen molar-refractivity contribution in [1.29, 1.82) is 0 Å². The SMILES string of the molecule is CCCC[N+]1=C(/C=C/C=C2/Nc3c(ccc4ccccc34)C2(C)C)C(C)(C)c2c1ccc1ccccc21. The van der Waals surface area contributed by atoms with Crippen molar-refractivity contribution in [3.05, 3.63) is 108 Å². The van der Waals surface area contributed by atoms with Crippen molar-refractivity contribution in [2.24, 2.45) is 0 Å². The summed E-state index contributed by atoms with van der Waals surface area (Å²) in [5, 5.41) is 9.05. The lowest BCUT2D eigenvalue weighted by Gasteiger charge is -2.20. The minimum absolute atomic E-state index is 0.0688. The lowest BCUT2D eigenvalue weighted by atomic mass is 9.79. The normalized spacial score (nSPS) is 18.7. The average molecular weight is 486 g/mol. The molecule has 0 atom stereocenters. The largest absolute Gasteiger partial charge is 0.357 e. The van der Waals surface area contributed by atoms with Gasteiger partial charge in [0.1, 0.15) is 6.54 Å². The van der Waals surface area contributed by atoms with Crippen LogP contribution in [0.4, 0.5) is 11.4 Å². The highest BCUT2D eigenvalue weighted by atomic mass is 15.1. The molecule has 0 aromatic heterocycles. The standard InChI is InChI=1S/C35H36N2/c1-6-7-23-37-29-22-20-24-13-8-10-15-26(24)32(29)35(4,5)31(37)18-12-17-30-34(2,3)28-21-19-25-14-9-11-16-27(25)33(28)36-30/h8-22H,6-7,23H2,1-5H3/p+1. The van der Waals surface area contributed by atoms with E-state index in [1.165, 1.54) is 68.3 Å². The number of hydrogen-bond acceptors (Lipinski definition) is 1. The molecule has 0 radical (unpaired) electrons. The molecule has 2 aliphatic rings. The van der Waals surface area contributed by atoms with Gasteiger partial charge < -0.3 is 5.32 Å². The molecule has 2 aliphatic heterocycles. The molecule has 2 nitrogen and oxygen atoms in total. The predicted octanol–water partition coefficient (Wildman–Crippen LogP) is 9.01. The molecule has 0 saturated heterocycles. The van der Waals surface area contributed by atoms with E-state index in [-0.39, 0.29) is 10.8 Å². The first-order valence-corrected chi connectivity index (χ1v) is 13.7. The van der Waals surface area contributed by atoms with Crippen LogP contribution < -0.4 is 5.32 Å². The Bertz CT molecular complexity index is 1630. The lowest BCUT2D eigenvalue weighted by Crippen LogP contribution is -2.28. The molecule has 0 unspecified atom stereocenters. The molecule has 2 heterocycles. The van der Waals surface area contributed by atoms with E-state index in [1.54, 1.807) is 0 Å². The smallest absolute Gasteiger partial charge is 0.210 e. The first kappa shape index (κ1) is 23.7. The molecule has 0 saturated carbocycles. The van der Waals surface area contributed by atoms with Crippen LogP contribution in [0.2, 0.25) is 0 Å². The van der Waals surface area contributed by atoms with E-state index in [1.807, 2.05) is 0 Å². The summed E-state index contributed by atoms with van der Waals surface area (Å²) in [6, 6.07) is 26.6. The van der Waals surface area contributed by atoms with Crippen molar-refractivity contribution in [2.45, 2.75) is 58.3 Å². The molecular formula is C35H37N2+. The summed E-state index contributed by atoms with van der Waals surface area (Å²) in [7, 11) is 0. The Kier molecular flexibility index (Phi) is 5.60. The van der Waals surface area contributed by atoms with Crippen molar-refractivity contribution in [3.8, 4) is 0 Å². The third kappa shape index (κ3) is 3.65. The maximum absolute atomic E-state index is 3.79. The summed E-state index contributed by atoms with van der Waals surface area (Å²) < 4.78 is 2.57. The summed E-state index contributed by atoms with van der Waals surface area (Å²) in [6.07, 6.45) is 9.28. The summed E-state index contributed by atoms with van der Waals surface area (Å²) >= 11 is 0. The highest BCUT2D eigenvalue weighted by Crippen LogP contribution is 2.47. The minimum Gasteiger partial charge on any atom is -0.357 e. The van der Waals surface area contributed by atoms with Gasteiger partial charge in [0.2, 0.25) is 5.69 Å². The number of nitrogens with one attached hydrogen (secondary N) is 1. The van der Waals surface area contributed by atoms with Crippen LogP contribution in [0.25, 0.3) is 21.5 Å². The van der Waals surface area contributed by atoms with Gasteiger partial charge in [0.15, 0.2) is 5.71 Å². The van der Waals surface area contributed by atoms with Crippen LogP contribution in [0.15, 0.2) is 96.7 Å². The first-order chi connectivity index (χ1) is 17.8. The van der Waals surface area contributed by atoms with E-state index >= 15 is 0 Å². The Labute approximate surface area is 221 Å². The molecular weight excluding hydrogens is 448 g/mol. The van der Waals surface area contributed by atoms with Crippen LogP contribution in [0.5, 0.6) is 0 Å². The van der Waals surface area contributed by atoms with Crippen molar-refractivity contribution in [2.75, 3.05) is 11.9 Å². The number of hydrogen-bond donors (Lipinski definition) is 1. The minimum atomic E-state index is -0.0727. The fourth-order valence-electron chi connectivity index (χ4n) is 6.44. The van der Waals surface area contributed by atoms with Crippen LogP contribution in [0, 0.1) is 0 Å². The van der Waals surface area contributed by atoms with E-state index in [9.17, 15) is 0 Å². The molecule has 37 heavy (non-hydrogen) atoms. The third-order valence-electron chi connectivity index (χ3n) is 8.54. The van der Waals surface area contributed by atoms with Crippen LogP contribution in [-0.4, -0.2) is 16.8 Å². The molecule has 186 valence electrons. The van der Waals surface area contributed by atoms with Crippen LogP contribution in [0.3, 0.4) is 0 Å². The molecule has 4 aromatic carbocycles. The Balaban J connectivity index is 1.41. The zero-order valence-corrected chi connectivity index (χ0v) is 22.7. The van der Waals surface area contributed by atoms with Gasteiger partial charge in [-0.15, -0.1) is 0 Å². The van der Waals surface area contributed by atoms with Gasteiger partial charge in [-0.3, -0.25) is 0 Å². The van der Waals surface area contributed by atoms with E-state index in [0.717, 1.165) is 6.54 Å². The van der Waals surface area contributed by atoms with E-state index in [2.05, 4.69) is 136 Å². The van der Waals surface area contributed by atoms with Crippen molar-refractivity contribution in [3.63, 3.8) is 0 Å². The molecule has 0 aliphatic carbocycles. The fourth-order valence-corrected chi connectivity index (χ4v) is 6.44. The van der Waals surface area contributed by atoms with E-state index in [4.69, 9.17) is 0 Å². The van der Waals surface area contributed by atoms with Gasteiger partial charge in [-0.05, 0) is 47.7 Å². The maximum atomic E-state index is 3.79. The van der Waals surface area contributed by atoms with Crippen molar-refractivity contribution < 1.29 is 4.58 Å². The zero-order valence-electron chi connectivity index (χ0n) is 22.7. The molecule has 0 amide bonds. The number of rotatable bonds is 5. The number of anilines is 1. The Morgan fingerprint density at radius 2 is 1.46 bits per heavy atom. The first-order valence-electron chi connectivity index (χ1n) is 13.7. The monoisotopic (exact) mass is 485 g/mol.